The monoisotopic (exact) mass is 866 g/mol. The first kappa shape index (κ1) is 41.0. The minimum atomic E-state index is -0.949. The Hall–Kier alpha value is -7.40. The van der Waals surface area contributed by atoms with Gasteiger partial charge in [-0.1, -0.05) is 66.7 Å². The molecule has 0 saturated carbocycles. The number of rotatable bonds is 10. The van der Waals surface area contributed by atoms with E-state index < -0.39 is 30.3 Å². The molecule has 4 N–H and O–H groups in total. The summed E-state index contributed by atoms with van der Waals surface area (Å²) in [6.07, 6.45) is 3.40. The molecule has 5 heterocycles. The first-order valence-electron chi connectivity index (χ1n) is 20.3. The van der Waals surface area contributed by atoms with Crippen LogP contribution in [-0.4, -0.2) is 86.1 Å². The lowest BCUT2D eigenvalue weighted by Crippen LogP contribution is -2.43. The number of imidazole rings is 2. The summed E-state index contributed by atoms with van der Waals surface area (Å²) >= 11 is 1.58. The molecule has 17 heteroatoms. The molecular weight excluding hydrogens is 825 g/mol. The molecule has 9 rings (SSSR count). The van der Waals surface area contributed by atoms with Gasteiger partial charge in [-0.3, -0.25) is 14.4 Å². The number of alkyl carbamates (subject to hydrolysis) is 2. The van der Waals surface area contributed by atoms with Crippen molar-refractivity contribution in [3.8, 4) is 22.5 Å². The fourth-order valence-electron chi connectivity index (χ4n) is 8.25. The normalized spacial score (nSPS) is 17.1. The maximum absolute atomic E-state index is 14.0. The van der Waals surface area contributed by atoms with E-state index in [-0.39, 0.29) is 23.3 Å². The number of aromatic amines is 2. The lowest BCUT2D eigenvalue weighted by molar-refractivity contribution is -0.135. The van der Waals surface area contributed by atoms with E-state index in [2.05, 4.69) is 30.6 Å². The quantitative estimate of drug-likeness (QED) is 0.102. The smallest absolute Gasteiger partial charge is 0.407 e. The fraction of sp³-hybridized carbons (Fsp3) is 0.239. The summed E-state index contributed by atoms with van der Waals surface area (Å²) in [6, 6.07) is 26.1. The predicted molar refractivity (Wildman–Crippen MR) is 235 cm³/mol. The van der Waals surface area contributed by atoms with E-state index in [1.54, 1.807) is 94.6 Å². The largest absolute Gasteiger partial charge is 0.456 e. The average Bonchev–Trinajstić information content (AvgIpc) is 4.17. The van der Waals surface area contributed by atoms with E-state index in [1.807, 2.05) is 36.4 Å². The highest BCUT2D eigenvalue weighted by atomic mass is 32.2. The highest BCUT2D eigenvalue weighted by Gasteiger charge is 2.39. The predicted octanol–water partition coefficient (Wildman–Crippen LogP) is 7.16. The summed E-state index contributed by atoms with van der Waals surface area (Å²) in [6.45, 7) is 0.496. The van der Waals surface area contributed by atoms with Crippen LogP contribution in [0.1, 0.15) is 59.8 Å². The van der Waals surface area contributed by atoms with Crippen LogP contribution in [0.25, 0.3) is 44.5 Å². The zero-order chi connectivity index (χ0) is 43.6. The van der Waals surface area contributed by atoms with Crippen LogP contribution in [0.3, 0.4) is 0 Å². The molecule has 16 nitrogen and oxygen atoms in total. The van der Waals surface area contributed by atoms with Gasteiger partial charge in [-0.15, -0.1) is 11.8 Å². The molecule has 0 spiro atoms. The summed E-state index contributed by atoms with van der Waals surface area (Å²) < 4.78 is 16.0. The SMILES string of the molecule is COC(=O)N[C@@H](C(=O)N1CCC[C@H]1c1ncc(-c2ccc3c(=O)c4cc(-c5cnc([C@@H]6CSCN6C(=O)[C@H](NC(=O)OC)c6ccccc6)[nH]5)ccc4oc3c2)[nH]1)c1ccccc1. The first-order chi connectivity index (χ1) is 30.7. The van der Waals surface area contributed by atoms with Crippen molar-refractivity contribution in [2.75, 3.05) is 32.4 Å². The van der Waals surface area contributed by atoms with E-state index in [4.69, 9.17) is 13.9 Å². The molecule has 0 radical (unpaired) electrons. The van der Waals surface area contributed by atoms with Gasteiger partial charge in [0.05, 0.1) is 66.7 Å². The van der Waals surface area contributed by atoms with Crippen molar-refractivity contribution in [2.24, 2.45) is 0 Å². The number of methoxy groups -OCH3 is 2. The summed E-state index contributed by atoms with van der Waals surface area (Å²) in [5, 5.41) is 6.16. The van der Waals surface area contributed by atoms with Crippen LogP contribution in [0.15, 0.2) is 119 Å². The number of carbonyl (C=O) groups is 4. The molecule has 0 aliphatic carbocycles. The third-order valence-corrected chi connectivity index (χ3v) is 12.5. The van der Waals surface area contributed by atoms with Crippen LogP contribution in [0.4, 0.5) is 9.59 Å². The number of amides is 4. The molecule has 0 unspecified atom stereocenters. The molecule has 63 heavy (non-hydrogen) atoms. The number of likely N-dealkylation sites (tertiary alicyclic amines) is 1. The summed E-state index contributed by atoms with van der Waals surface area (Å²) in [5.41, 5.74) is 4.66. The van der Waals surface area contributed by atoms with Gasteiger partial charge in [0.1, 0.15) is 34.9 Å². The molecule has 3 aromatic heterocycles. The highest BCUT2D eigenvalue weighted by Crippen LogP contribution is 2.37. The molecule has 4 atom stereocenters. The van der Waals surface area contributed by atoms with Crippen molar-refractivity contribution in [3.63, 3.8) is 0 Å². The van der Waals surface area contributed by atoms with Gasteiger partial charge in [-0.2, -0.15) is 0 Å². The van der Waals surface area contributed by atoms with Gasteiger partial charge < -0.3 is 44.3 Å². The molecule has 2 aliphatic heterocycles. The number of thioether (sulfide) groups is 1. The number of hydrogen-bond donors (Lipinski definition) is 4. The van der Waals surface area contributed by atoms with Crippen molar-refractivity contribution >= 4 is 57.7 Å². The number of H-pyrrole nitrogens is 2. The van der Waals surface area contributed by atoms with Crippen molar-refractivity contribution < 1.29 is 33.1 Å². The molecule has 7 aromatic rings. The molecule has 0 bridgehead atoms. The van der Waals surface area contributed by atoms with Crippen LogP contribution >= 0.6 is 11.8 Å². The number of fused-ring (bicyclic) bond motifs is 2. The molecule has 320 valence electrons. The Labute approximate surface area is 364 Å². The Balaban J connectivity index is 0.940. The maximum atomic E-state index is 14.0. The standard InChI is InChI=1S/C46H42N8O8S/c1-60-45(58)51-38(26-10-5-3-6-11-26)43(56)53-19-9-14-34(53)41-47-23-33(49-41)29-15-17-30-37(21-29)62-36-18-16-28(20-31(36)40(30)55)32-22-48-42(50-32)35-24-63-25-54(35)44(57)39(52-46(59)61-2)27-12-7-4-8-13-27/h3-8,10-13,15-18,20-23,34-35,38-39H,9,14,19,24-25H2,1-2H3,(H,47,49)(H,48,50)(H,51,58)(H,52,59)/t34-,35-,38+,39+/m0/s1. The second-order valence-electron chi connectivity index (χ2n) is 15.2. The Morgan fingerprint density at radius 1 is 0.714 bits per heavy atom. The average molecular weight is 867 g/mol. The van der Waals surface area contributed by atoms with E-state index in [9.17, 15) is 24.0 Å². The van der Waals surface area contributed by atoms with E-state index in [0.717, 1.165) is 12.0 Å². The van der Waals surface area contributed by atoms with Gasteiger partial charge in [0.2, 0.25) is 5.43 Å². The van der Waals surface area contributed by atoms with Crippen LogP contribution in [0.5, 0.6) is 0 Å². The molecule has 2 fully saturated rings. The lowest BCUT2D eigenvalue weighted by atomic mass is 10.0. The Kier molecular flexibility index (Phi) is 11.4. The topological polar surface area (TPSA) is 205 Å². The second kappa shape index (κ2) is 17.5. The third kappa shape index (κ3) is 8.10. The Morgan fingerprint density at radius 3 is 1.90 bits per heavy atom. The zero-order valence-corrected chi connectivity index (χ0v) is 35.0. The molecule has 4 amide bonds. The second-order valence-corrected chi connectivity index (χ2v) is 16.2. The Bertz CT molecular complexity index is 2900. The number of nitrogens with one attached hydrogen (secondary N) is 4. The van der Waals surface area contributed by atoms with E-state index in [1.165, 1.54) is 14.2 Å². The van der Waals surface area contributed by atoms with Crippen LogP contribution in [-0.2, 0) is 19.1 Å². The van der Waals surface area contributed by atoms with Crippen molar-refractivity contribution in [3.05, 3.63) is 142 Å². The number of hydrogen-bond acceptors (Lipinski definition) is 11. The number of aromatic nitrogens is 4. The van der Waals surface area contributed by atoms with Crippen molar-refractivity contribution in [2.45, 2.75) is 37.0 Å². The van der Waals surface area contributed by atoms with Crippen molar-refractivity contribution in [1.29, 1.82) is 0 Å². The number of benzene rings is 4. The van der Waals surface area contributed by atoms with Gasteiger partial charge in [0.15, 0.2) is 0 Å². The third-order valence-electron chi connectivity index (χ3n) is 11.5. The maximum Gasteiger partial charge on any atom is 0.407 e. The number of nitrogens with zero attached hydrogens (tertiary/aromatic N) is 4. The van der Waals surface area contributed by atoms with Gasteiger partial charge in [0, 0.05) is 23.4 Å². The first-order valence-corrected chi connectivity index (χ1v) is 21.4. The number of ether oxygens (including phenoxy) is 2. The lowest BCUT2D eigenvalue weighted by Gasteiger charge is -2.28. The van der Waals surface area contributed by atoms with Gasteiger partial charge in [-0.25, -0.2) is 19.6 Å². The van der Waals surface area contributed by atoms with E-state index in [0.29, 0.717) is 86.3 Å². The van der Waals surface area contributed by atoms with Crippen LogP contribution in [0, 0.1) is 0 Å². The zero-order valence-electron chi connectivity index (χ0n) is 34.2. The summed E-state index contributed by atoms with van der Waals surface area (Å²) in [5.74, 6) is 1.63. The van der Waals surface area contributed by atoms with E-state index >= 15 is 0 Å². The fourth-order valence-corrected chi connectivity index (χ4v) is 9.42. The molecule has 4 aromatic carbocycles. The highest BCUT2D eigenvalue weighted by molar-refractivity contribution is 7.99. The van der Waals surface area contributed by atoms with Gasteiger partial charge in [0.25, 0.3) is 11.8 Å². The summed E-state index contributed by atoms with van der Waals surface area (Å²) in [4.78, 5) is 86.0. The molecule has 2 aliphatic rings. The number of carbonyl (C=O) groups excluding carboxylic acids is 4. The molecule has 2 saturated heterocycles. The minimum absolute atomic E-state index is 0.202. The molecular formula is C46H42N8O8S. The van der Waals surface area contributed by atoms with Gasteiger partial charge >= 0.3 is 12.2 Å². The minimum Gasteiger partial charge on any atom is -0.456 e. The summed E-state index contributed by atoms with van der Waals surface area (Å²) in [7, 11) is 2.51. The van der Waals surface area contributed by atoms with Crippen molar-refractivity contribution in [1.82, 2.24) is 40.4 Å². The Morgan fingerprint density at radius 2 is 1.29 bits per heavy atom. The van der Waals surface area contributed by atoms with Gasteiger partial charge in [-0.05, 0) is 54.3 Å². The van der Waals surface area contributed by atoms with Crippen LogP contribution in [0.2, 0.25) is 0 Å². The van der Waals surface area contributed by atoms with Crippen LogP contribution < -0.4 is 16.1 Å².